The highest BCUT2D eigenvalue weighted by atomic mass is 32.2. The summed E-state index contributed by atoms with van der Waals surface area (Å²) < 4.78 is 50.8. The fourth-order valence-electron chi connectivity index (χ4n) is 2.41. The second-order valence-corrected chi connectivity index (χ2v) is 10.6. The molecule has 7 nitrogen and oxygen atoms in total. The van der Waals surface area contributed by atoms with E-state index >= 15 is 0 Å². The van der Waals surface area contributed by atoms with Gasteiger partial charge in [0.15, 0.2) is 9.84 Å². The highest BCUT2D eigenvalue weighted by Crippen LogP contribution is 2.19. The summed E-state index contributed by atoms with van der Waals surface area (Å²) in [6, 6.07) is 11.1. The Morgan fingerprint density at radius 2 is 1.61 bits per heavy atom. The van der Waals surface area contributed by atoms with Gasteiger partial charge in [-0.05, 0) is 43.7 Å². The van der Waals surface area contributed by atoms with Crippen LogP contribution >= 0.6 is 0 Å². The van der Waals surface area contributed by atoms with Crippen LogP contribution in [0.3, 0.4) is 0 Å². The van der Waals surface area contributed by atoms with Gasteiger partial charge >= 0.3 is 0 Å². The van der Waals surface area contributed by atoms with Crippen molar-refractivity contribution < 1.29 is 21.6 Å². The number of benzene rings is 2. The average molecular weight is 425 g/mol. The van der Waals surface area contributed by atoms with Crippen LogP contribution in [0.4, 0.5) is 5.69 Å². The Morgan fingerprint density at radius 3 is 2.21 bits per heavy atom. The van der Waals surface area contributed by atoms with Gasteiger partial charge in [-0.2, -0.15) is 0 Å². The van der Waals surface area contributed by atoms with E-state index in [9.17, 15) is 21.6 Å². The summed E-state index contributed by atoms with van der Waals surface area (Å²) in [5.74, 6) is -0.683. The first-order valence-corrected chi connectivity index (χ1v) is 12.0. The number of carbonyl (C=O) groups is 1. The monoisotopic (exact) mass is 424 g/mol. The van der Waals surface area contributed by atoms with Crippen LogP contribution in [-0.2, 0) is 19.9 Å². The molecule has 0 radical (unpaired) electrons. The van der Waals surface area contributed by atoms with Crippen molar-refractivity contribution >= 4 is 31.5 Å². The molecule has 2 rings (SSSR count). The van der Waals surface area contributed by atoms with E-state index in [4.69, 9.17) is 0 Å². The zero-order valence-corrected chi connectivity index (χ0v) is 17.7. The molecule has 0 atom stereocenters. The molecule has 152 valence electrons. The summed E-state index contributed by atoms with van der Waals surface area (Å²) in [5.41, 5.74) is 2.19. The summed E-state index contributed by atoms with van der Waals surface area (Å²) in [6.45, 7) is 5.08. The molecule has 2 aromatic carbocycles. The lowest BCUT2D eigenvalue weighted by molar-refractivity contribution is 0.0955. The summed E-state index contributed by atoms with van der Waals surface area (Å²) in [5, 5.41) is 2.53. The summed E-state index contributed by atoms with van der Waals surface area (Å²) >= 11 is 0. The van der Waals surface area contributed by atoms with E-state index in [-0.39, 0.29) is 28.5 Å². The number of amides is 1. The van der Waals surface area contributed by atoms with Crippen molar-refractivity contribution in [3.05, 3.63) is 59.2 Å². The Bertz CT molecular complexity index is 1060. The van der Waals surface area contributed by atoms with E-state index < -0.39 is 25.8 Å². The first kappa shape index (κ1) is 21.9. The molecule has 0 aliphatic heterocycles. The molecule has 0 saturated carbocycles. The Balaban J connectivity index is 2.19. The van der Waals surface area contributed by atoms with Crippen molar-refractivity contribution in [1.82, 2.24) is 5.32 Å². The predicted molar refractivity (Wildman–Crippen MR) is 110 cm³/mol. The molecule has 0 bridgehead atoms. The van der Waals surface area contributed by atoms with Gasteiger partial charge in [0, 0.05) is 23.5 Å². The summed E-state index contributed by atoms with van der Waals surface area (Å²) in [4.78, 5) is 12.3. The lowest BCUT2D eigenvalue weighted by atomic mass is 10.1. The molecule has 0 aliphatic rings. The predicted octanol–water partition coefficient (Wildman–Crippen LogP) is 2.27. The highest BCUT2D eigenvalue weighted by molar-refractivity contribution is 7.92. The molecule has 1 amide bonds. The van der Waals surface area contributed by atoms with Crippen molar-refractivity contribution in [2.24, 2.45) is 0 Å². The van der Waals surface area contributed by atoms with Crippen LogP contribution in [0.15, 0.2) is 47.4 Å². The molecular weight excluding hydrogens is 400 g/mol. The van der Waals surface area contributed by atoms with Gasteiger partial charge in [0.25, 0.3) is 15.9 Å². The highest BCUT2D eigenvalue weighted by Gasteiger charge is 2.18. The third-order valence-corrected chi connectivity index (χ3v) is 7.29. The largest absolute Gasteiger partial charge is 0.351 e. The second kappa shape index (κ2) is 8.74. The van der Waals surface area contributed by atoms with Crippen LogP contribution in [0.2, 0.25) is 0 Å². The first-order valence-electron chi connectivity index (χ1n) is 8.73. The Kier molecular flexibility index (Phi) is 6.84. The molecule has 0 aromatic heterocycles. The van der Waals surface area contributed by atoms with Crippen LogP contribution in [0.5, 0.6) is 0 Å². The number of rotatable bonds is 8. The third kappa shape index (κ3) is 5.80. The fourth-order valence-corrected chi connectivity index (χ4v) is 4.19. The average Bonchev–Trinajstić information content (AvgIpc) is 2.63. The lowest BCUT2D eigenvalue weighted by Gasteiger charge is -2.12. The topological polar surface area (TPSA) is 109 Å². The van der Waals surface area contributed by atoms with Crippen LogP contribution in [0.25, 0.3) is 0 Å². The molecule has 0 unspecified atom stereocenters. The number of nitrogens with one attached hydrogen (secondary N) is 2. The number of sulfone groups is 1. The standard InChI is InChI=1S/C19H24N2O5S2/c1-4-27(23,24)12-11-20-19(22)18-13-17(10-7-15(18)3)28(25,26)21-16-8-5-14(2)6-9-16/h5-10,13,21H,4,11-12H2,1-3H3,(H,20,22). The number of hydrogen-bond donors (Lipinski definition) is 2. The van der Waals surface area contributed by atoms with Gasteiger partial charge in [0.1, 0.15) is 0 Å². The zero-order valence-electron chi connectivity index (χ0n) is 16.0. The number of hydrogen-bond acceptors (Lipinski definition) is 5. The van der Waals surface area contributed by atoms with E-state index in [0.717, 1.165) is 5.56 Å². The van der Waals surface area contributed by atoms with Crippen molar-refractivity contribution in [3.63, 3.8) is 0 Å². The normalized spacial score (nSPS) is 11.8. The van der Waals surface area contributed by atoms with Crippen LogP contribution in [-0.4, -0.2) is 40.8 Å². The van der Waals surface area contributed by atoms with Crippen molar-refractivity contribution in [1.29, 1.82) is 0 Å². The maximum Gasteiger partial charge on any atom is 0.261 e. The minimum Gasteiger partial charge on any atom is -0.351 e. The van der Waals surface area contributed by atoms with Gasteiger partial charge in [-0.15, -0.1) is 0 Å². The van der Waals surface area contributed by atoms with E-state index in [1.54, 1.807) is 37.3 Å². The molecule has 9 heteroatoms. The SMILES string of the molecule is CCS(=O)(=O)CCNC(=O)c1cc(S(=O)(=O)Nc2ccc(C)cc2)ccc1C. The van der Waals surface area contributed by atoms with E-state index in [1.807, 2.05) is 6.92 Å². The fraction of sp³-hybridized carbons (Fsp3) is 0.316. The maximum absolute atomic E-state index is 12.6. The number of anilines is 1. The van der Waals surface area contributed by atoms with E-state index in [1.165, 1.54) is 19.1 Å². The van der Waals surface area contributed by atoms with Gasteiger partial charge in [-0.1, -0.05) is 30.7 Å². The van der Waals surface area contributed by atoms with Crippen LogP contribution in [0.1, 0.15) is 28.4 Å². The minimum absolute atomic E-state index is 0.000305. The van der Waals surface area contributed by atoms with Crippen molar-refractivity contribution in [3.8, 4) is 0 Å². The van der Waals surface area contributed by atoms with Gasteiger partial charge in [0.05, 0.1) is 10.6 Å². The number of carbonyl (C=O) groups excluding carboxylic acids is 1. The van der Waals surface area contributed by atoms with Gasteiger partial charge in [0.2, 0.25) is 0 Å². The summed E-state index contributed by atoms with van der Waals surface area (Å²) in [6.07, 6.45) is 0. The van der Waals surface area contributed by atoms with Gasteiger partial charge in [-0.3, -0.25) is 9.52 Å². The van der Waals surface area contributed by atoms with Crippen LogP contribution in [0, 0.1) is 13.8 Å². The Hall–Kier alpha value is -2.39. The minimum atomic E-state index is -3.87. The smallest absolute Gasteiger partial charge is 0.261 e. The second-order valence-electron chi connectivity index (χ2n) is 6.44. The summed E-state index contributed by atoms with van der Waals surface area (Å²) in [7, 11) is -7.07. The molecular formula is C19H24N2O5S2. The van der Waals surface area contributed by atoms with E-state index in [2.05, 4.69) is 10.0 Å². The quantitative estimate of drug-likeness (QED) is 0.676. The van der Waals surface area contributed by atoms with Crippen molar-refractivity contribution in [2.45, 2.75) is 25.7 Å². The number of aryl methyl sites for hydroxylation is 2. The molecule has 0 aliphatic carbocycles. The molecule has 0 saturated heterocycles. The van der Waals surface area contributed by atoms with Crippen LogP contribution < -0.4 is 10.0 Å². The van der Waals surface area contributed by atoms with Gasteiger partial charge < -0.3 is 5.32 Å². The molecule has 0 spiro atoms. The number of sulfonamides is 1. The van der Waals surface area contributed by atoms with Crippen molar-refractivity contribution in [2.75, 3.05) is 22.8 Å². The molecule has 0 fully saturated rings. The zero-order chi connectivity index (χ0) is 20.9. The third-order valence-electron chi connectivity index (χ3n) is 4.21. The molecule has 28 heavy (non-hydrogen) atoms. The van der Waals surface area contributed by atoms with E-state index in [0.29, 0.717) is 11.3 Å². The van der Waals surface area contributed by atoms with Gasteiger partial charge in [-0.25, -0.2) is 16.8 Å². The lowest BCUT2D eigenvalue weighted by Crippen LogP contribution is -2.30. The Labute approximate surface area is 166 Å². The molecule has 0 heterocycles. The Morgan fingerprint density at radius 1 is 0.964 bits per heavy atom. The molecule has 2 N–H and O–H groups in total. The first-order chi connectivity index (χ1) is 13.0. The maximum atomic E-state index is 12.6. The molecule has 2 aromatic rings.